The van der Waals surface area contributed by atoms with E-state index >= 15 is 0 Å². The van der Waals surface area contributed by atoms with Crippen molar-refractivity contribution in [3.05, 3.63) is 56.8 Å². The molecule has 0 saturated heterocycles. The number of fused-ring (bicyclic) bond motifs is 1. The molecule has 0 aliphatic carbocycles. The number of carbonyl (C=O) groups is 1. The molecule has 3 aromatic rings. The summed E-state index contributed by atoms with van der Waals surface area (Å²) >= 11 is 13.0. The molecule has 0 saturated carbocycles. The Kier molecular flexibility index (Phi) is 7.40. The second-order valence-corrected chi connectivity index (χ2v) is 8.47. The summed E-state index contributed by atoms with van der Waals surface area (Å²) in [4.78, 5) is 29.8. The van der Waals surface area contributed by atoms with Gasteiger partial charge in [0.25, 0.3) is 5.56 Å². The Morgan fingerprint density at radius 3 is 2.61 bits per heavy atom. The zero-order valence-electron chi connectivity index (χ0n) is 16.4. The maximum atomic E-state index is 12.9. The first-order chi connectivity index (χ1) is 14.7. The second kappa shape index (κ2) is 9.84. The van der Waals surface area contributed by atoms with Crippen molar-refractivity contribution >= 4 is 57.5 Å². The van der Waals surface area contributed by atoms with Gasteiger partial charge in [-0.1, -0.05) is 35.0 Å². The lowest BCUT2D eigenvalue weighted by Crippen LogP contribution is -2.25. The Hall–Kier alpha value is -2.36. The zero-order valence-corrected chi connectivity index (χ0v) is 18.7. The lowest BCUT2D eigenvalue weighted by Gasteiger charge is -2.16. The smallest absolute Gasteiger partial charge is 0.387 e. The Bertz CT molecular complexity index is 1190. The molecule has 0 unspecified atom stereocenters. The molecule has 164 valence electrons. The van der Waals surface area contributed by atoms with Crippen molar-refractivity contribution in [3.8, 4) is 5.75 Å². The summed E-state index contributed by atoms with van der Waals surface area (Å²) in [7, 11) is 0. The summed E-state index contributed by atoms with van der Waals surface area (Å²) in [5.41, 5.74) is 0.538. The minimum atomic E-state index is -3.00. The van der Waals surface area contributed by atoms with Gasteiger partial charge in [-0.3, -0.25) is 14.2 Å². The molecule has 0 spiro atoms. The number of nitrogens with zero attached hydrogens (tertiary/aromatic N) is 2. The van der Waals surface area contributed by atoms with Crippen LogP contribution in [-0.4, -0.2) is 27.8 Å². The standard InChI is InChI=1S/C20H17Cl2F2N3O3S/c1-10(2)27-18(29)13-5-3-11(21)7-15(13)26-20(27)31-9-17(28)25-12-4-6-16(14(22)8-12)30-19(23)24/h3-8,10,19H,9H2,1-2H3,(H,25,28). The zero-order chi connectivity index (χ0) is 22.7. The fourth-order valence-electron chi connectivity index (χ4n) is 2.81. The first-order valence-corrected chi connectivity index (χ1v) is 10.8. The molecule has 0 fully saturated rings. The number of halogens is 4. The summed E-state index contributed by atoms with van der Waals surface area (Å²) in [5, 5.41) is 3.82. The van der Waals surface area contributed by atoms with Crippen LogP contribution >= 0.6 is 35.0 Å². The largest absolute Gasteiger partial charge is 0.433 e. The molecule has 3 rings (SSSR count). The minimum Gasteiger partial charge on any atom is -0.433 e. The van der Waals surface area contributed by atoms with E-state index in [1.165, 1.54) is 22.8 Å². The highest BCUT2D eigenvalue weighted by Gasteiger charge is 2.16. The Balaban J connectivity index is 1.77. The average Bonchev–Trinajstić information content (AvgIpc) is 2.67. The third kappa shape index (κ3) is 5.66. The molecule has 1 heterocycles. The molecule has 31 heavy (non-hydrogen) atoms. The molecule has 0 aliphatic heterocycles. The van der Waals surface area contributed by atoms with E-state index in [-0.39, 0.29) is 34.0 Å². The number of hydrogen-bond acceptors (Lipinski definition) is 5. The van der Waals surface area contributed by atoms with Gasteiger partial charge in [0.1, 0.15) is 5.75 Å². The van der Waals surface area contributed by atoms with E-state index in [0.717, 1.165) is 11.8 Å². The summed E-state index contributed by atoms with van der Waals surface area (Å²) < 4.78 is 30.4. The van der Waals surface area contributed by atoms with E-state index in [4.69, 9.17) is 23.2 Å². The Morgan fingerprint density at radius 2 is 1.97 bits per heavy atom. The summed E-state index contributed by atoms with van der Waals surface area (Å²) in [6.45, 7) is 0.692. The highest BCUT2D eigenvalue weighted by Crippen LogP contribution is 2.29. The number of rotatable bonds is 7. The van der Waals surface area contributed by atoms with Gasteiger partial charge in [-0.15, -0.1) is 0 Å². The fourth-order valence-corrected chi connectivity index (χ4v) is 4.13. The highest BCUT2D eigenvalue weighted by molar-refractivity contribution is 7.99. The van der Waals surface area contributed by atoms with E-state index in [2.05, 4.69) is 15.0 Å². The third-order valence-corrected chi connectivity index (χ3v) is 5.59. The lowest BCUT2D eigenvalue weighted by molar-refractivity contribution is -0.113. The van der Waals surface area contributed by atoms with Gasteiger partial charge in [0.2, 0.25) is 5.91 Å². The van der Waals surface area contributed by atoms with Crippen molar-refractivity contribution in [3.63, 3.8) is 0 Å². The quantitative estimate of drug-likeness (QED) is 0.346. The predicted octanol–water partition coefficient (Wildman–Crippen LogP) is 5.62. The van der Waals surface area contributed by atoms with Crippen molar-refractivity contribution in [2.24, 2.45) is 0 Å². The molecule has 1 N–H and O–H groups in total. The van der Waals surface area contributed by atoms with E-state index in [1.807, 2.05) is 13.8 Å². The molecule has 0 aliphatic rings. The molecular weight excluding hydrogens is 471 g/mol. The summed E-state index contributed by atoms with van der Waals surface area (Å²) in [6.07, 6.45) is 0. The first kappa shape index (κ1) is 23.3. The van der Waals surface area contributed by atoms with Crippen molar-refractivity contribution in [1.82, 2.24) is 9.55 Å². The van der Waals surface area contributed by atoms with E-state index in [0.29, 0.717) is 26.8 Å². The number of thioether (sulfide) groups is 1. The number of anilines is 1. The monoisotopic (exact) mass is 487 g/mol. The number of amides is 1. The molecule has 1 amide bonds. The van der Waals surface area contributed by atoms with E-state index in [9.17, 15) is 18.4 Å². The van der Waals surface area contributed by atoms with Crippen molar-refractivity contribution in [2.45, 2.75) is 31.7 Å². The maximum absolute atomic E-state index is 12.9. The molecule has 0 radical (unpaired) electrons. The van der Waals surface area contributed by atoms with Crippen LogP contribution in [-0.2, 0) is 4.79 Å². The number of aromatic nitrogens is 2. The van der Waals surface area contributed by atoms with Gasteiger partial charge in [0.05, 0.1) is 21.7 Å². The van der Waals surface area contributed by atoms with Gasteiger partial charge in [-0.25, -0.2) is 4.98 Å². The molecular formula is C20H17Cl2F2N3O3S. The number of carbonyl (C=O) groups excluding carboxylic acids is 1. The summed E-state index contributed by atoms with van der Waals surface area (Å²) in [5.74, 6) is -0.624. The topological polar surface area (TPSA) is 73.2 Å². The van der Waals surface area contributed by atoms with Gasteiger partial charge in [-0.05, 0) is 50.2 Å². The molecule has 11 heteroatoms. The van der Waals surface area contributed by atoms with Crippen LogP contribution in [0.15, 0.2) is 46.3 Å². The van der Waals surface area contributed by atoms with Gasteiger partial charge in [-0.2, -0.15) is 8.78 Å². The molecule has 1 aromatic heterocycles. The van der Waals surface area contributed by atoms with Gasteiger partial charge >= 0.3 is 6.61 Å². The highest BCUT2D eigenvalue weighted by atomic mass is 35.5. The predicted molar refractivity (Wildman–Crippen MR) is 119 cm³/mol. The Labute approximate surface area is 190 Å². The average molecular weight is 488 g/mol. The number of alkyl halides is 2. The lowest BCUT2D eigenvalue weighted by atomic mass is 10.2. The van der Waals surface area contributed by atoms with Crippen LogP contribution in [0.25, 0.3) is 10.9 Å². The maximum Gasteiger partial charge on any atom is 0.387 e. The number of hydrogen-bond donors (Lipinski definition) is 1. The van der Waals surface area contributed by atoms with Crippen LogP contribution in [0.4, 0.5) is 14.5 Å². The van der Waals surface area contributed by atoms with Crippen molar-refractivity contribution < 1.29 is 18.3 Å². The van der Waals surface area contributed by atoms with Gasteiger partial charge in [0, 0.05) is 16.8 Å². The van der Waals surface area contributed by atoms with Crippen LogP contribution < -0.4 is 15.6 Å². The van der Waals surface area contributed by atoms with Crippen LogP contribution in [0.3, 0.4) is 0 Å². The minimum absolute atomic E-state index is 0.0435. The number of nitrogens with one attached hydrogen (secondary N) is 1. The molecule has 0 atom stereocenters. The van der Waals surface area contributed by atoms with Crippen molar-refractivity contribution in [2.75, 3.05) is 11.1 Å². The van der Waals surface area contributed by atoms with E-state index in [1.54, 1.807) is 18.2 Å². The number of ether oxygens (including phenoxy) is 1. The van der Waals surface area contributed by atoms with Gasteiger partial charge in [0.15, 0.2) is 5.16 Å². The molecule has 0 bridgehead atoms. The van der Waals surface area contributed by atoms with Crippen LogP contribution in [0.2, 0.25) is 10.0 Å². The molecule has 2 aromatic carbocycles. The number of benzene rings is 2. The molecule has 6 nitrogen and oxygen atoms in total. The van der Waals surface area contributed by atoms with E-state index < -0.39 is 6.61 Å². The second-order valence-electron chi connectivity index (χ2n) is 6.69. The Morgan fingerprint density at radius 1 is 1.23 bits per heavy atom. The van der Waals surface area contributed by atoms with Crippen LogP contribution in [0, 0.1) is 0 Å². The summed E-state index contributed by atoms with van der Waals surface area (Å²) in [6, 6.07) is 8.61. The van der Waals surface area contributed by atoms with Crippen molar-refractivity contribution in [1.29, 1.82) is 0 Å². The van der Waals surface area contributed by atoms with Crippen LogP contribution in [0.1, 0.15) is 19.9 Å². The SMILES string of the molecule is CC(C)n1c(SCC(=O)Nc2ccc(OC(F)F)c(Cl)c2)nc2cc(Cl)ccc2c1=O. The normalized spacial score (nSPS) is 11.4. The van der Waals surface area contributed by atoms with Crippen LogP contribution in [0.5, 0.6) is 5.75 Å². The first-order valence-electron chi connectivity index (χ1n) is 9.04. The third-order valence-electron chi connectivity index (χ3n) is 4.11. The fraction of sp³-hybridized carbons (Fsp3) is 0.250. The van der Waals surface area contributed by atoms with Gasteiger partial charge < -0.3 is 10.1 Å².